The number of rotatable bonds is 9. The van der Waals surface area contributed by atoms with E-state index in [9.17, 15) is 49.8 Å². The Bertz CT molecular complexity index is 2040. The summed E-state index contributed by atoms with van der Waals surface area (Å²) >= 11 is 0. The summed E-state index contributed by atoms with van der Waals surface area (Å²) in [6, 6.07) is 1.59. The number of phenols is 4. The number of nitrogens with zero attached hydrogens (tertiary/aromatic N) is 1. The second kappa shape index (κ2) is 16.6. The number of methoxy groups -OCH3 is 1. The van der Waals surface area contributed by atoms with Gasteiger partial charge in [-0.25, -0.2) is 0 Å². The topological polar surface area (TPSA) is 258 Å². The Kier molecular flexibility index (Phi) is 12.1. The van der Waals surface area contributed by atoms with E-state index in [0.29, 0.717) is 12.8 Å². The molecule has 3 fully saturated rings. The molecule has 0 saturated carbocycles. The van der Waals surface area contributed by atoms with Gasteiger partial charge in [-0.15, -0.1) is 0 Å². The molecule has 60 heavy (non-hydrogen) atoms. The normalized spacial score (nSPS) is 35.5. The number of hydrogen-bond acceptors (Lipinski definition) is 18. The van der Waals surface area contributed by atoms with Crippen LogP contribution in [0.15, 0.2) is 12.1 Å². The summed E-state index contributed by atoms with van der Waals surface area (Å²) in [6.07, 6.45) is -7.79. The molecule has 3 aliphatic heterocycles. The first-order chi connectivity index (χ1) is 28.3. The van der Waals surface area contributed by atoms with Gasteiger partial charge in [0.2, 0.25) is 11.6 Å². The number of Topliss-reactive ketones (excluding diaryl/α,β-unsaturated/α-hetero) is 1. The third-order valence-corrected chi connectivity index (χ3v) is 12.6. The zero-order valence-electron chi connectivity index (χ0n) is 34.4. The molecule has 5 aliphatic rings. The van der Waals surface area contributed by atoms with Crippen molar-refractivity contribution in [2.75, 3.05) is 21.2 Å². The van der Waals surface area contributed by atoms with Crippen LogP contribution in [-0.4, -0.2) is 147 Å². The molecule has 0 aromatic heterocycles. The minimum Gasteiger partial charge on any atom is -0.507 e. The smallest absolute Gasteiger partial charge is 0.316 e. The number of esters is 1. The van der Waals surface area contributed by atoms with Crippen LogP contribution in [0.1, 0.15) is 121 Å². The quantitative estimate of drug-likeness (QED) is 0.134. The Balaban J connectivity index is 1.17. The van der Waals surface area contributed by atoms with Crippen molar-refractivity contribution < 1.29 is 83.0 Å². The summed E-state index contributed by atoms with van der Waals surface area (Å²) in [4.78, 5) is 55.2. The highest BCUT2D eigenvalue weighted by Crippen LogP contribution is 2.58. The molecule has 0 spiro atoms. The Morgan fingerprint density at radius 1 is 0.800 bits per heavy atom. The van der Waals surface area contributed by atoms with Crippen LogP contribution < -0.4 is 0 Å². The lowest BCUT2D eigenvalue weighted by atomic mass is 9.66. The van der Waals surface area contributed by atoms with Gasteiger partial charge in [-0.1, -0.05) is 6.92 Å². The van der Waals surface area contributed by atoms with Gasteiger partial charge in [-0.2, -0.15) is 0 Å². The molecule has 0 amide bonds. The number of benzene rings is 2. The van der Waals surface area contributed by atoms with Crippen molar-refractivity contribution in [2.24, 2.45) is 0 Å². The standard InChI is InChI=1S/C42H53NO17/c1-8-42(53)15-24(30-31(34(42)41(52)54-7)38(51)33-32(37(30)50)35(48)28-21(45)9-10-22(46)29(28)36(33)49)58-26-13-19(43(5)6)39(17(3)56-26)60-27-14-23(47)40(18(4)57-27)59-25-12-11-20(44)16(2)55-25/h9-10,16-19,23-27,34,39-40,45-47,50-51,53H,8,11-15H2,1-7H3. The highest BCUT2D eigenvalue weighted by Gasteiger charge is 2.55. The fourth-order valence-electron chi connectivity index (χ4n) is 9.43. The third-order valence-electron chi connectivity index (χ3n) is 12.6. The number of carbonyl (C=O) groups is 4. The van der Waals surface area contributed by atoms with E-state index >= 15 is 0 Å². The van der Waals surface area contributed by atoms with Crippen molar-refractivity contribution in [1.82, 2.24) is 4.90 Å². The van der Waals surface area contributed by atoms with Crippen molar-refractivity contribution in [3.8, 4) is 23.0 Å². The van der Waals surface area contributed by atoms with Gasteiger partial charge >= 0.3 is 5.97 Å². The van der Waals surface area contributed by atoms with Gasteiger partial charge in [0.1, 0.15) is 47.2 Å². The monoisotopic (exact) mass is 843 g/mol. The molecule has 328 valence electrons. The number of phenolic OH excluding ortho intramolecular Hbond substituents is 4. The van der Waals surface area contributed by atoms with Crippen molar-refractivity contribution in [2.45, 2.75) is 145 Å². The minimum absolute atomic E-state index is 0.0111. The van der Waals surface area contributed by atoms with E-state index in [1.54, 1.807) is 27.7 Å². The van der Waals surface area contributed by atoms with Crippen molar-refractivity contribution >= 4 is 23.3 Å². The van der Waals surface area contributed by atoms with Crippen molar-refractivity contribution in [3.63, 3.8) is 0 Å². The van der Waals surface area contributed by atoms with Crippen LogP contribution >= 0.6 is 0 Å². The van der Waals surface area contributed by atoms with E-state index in [1.165, 1.54) is 0 Å². The first-order valence-electron chi connectivity index (χ1n) is 20.2. The molecule has 18 nitrogen and oxygen atoms in total. The fourth-order valence-corrected chi connectivity index (χ4v) is 9.43. The maximum absolute atomic E-state index is 14.0. The number of hydrogen-bond donors (Lipinski definition) is 6. The number of ketones is 3. The summed E-state index contributed by atoms with van der Waals surface area (Å²) in [7, 11) is 4.72. The number of aromatic hydroxyl groups is 4. The molecule has 7 rings (SSSR count). The SMILES string of the molecule is CCC1(O)CC(OC2CC(N(C)C)C(OC3CC(O)C(OC4CCC(=O)C(C)O4)C(C)O3)C(C)O2)c2c(O)c3c(c(O)c2C1C(=O)OC)C(=O)c1c(O)ccc(O)c1C3=O. The molecule has 6 N–H and O–H groups in total. The van der Waals surface area contributed by atoms with Gasteiger partial charge < -0.3 is 68.7 Å². The number of likely N-dealkylation sites (N-methyl/N-ethyl adjacent to an activating group) is 1. The number of carbonyl (C=O) groups excluding carboxylic acids is 4. The summed E-state index contributed by atoms with van der Waals surface area (Å²) in [5, 5.41) is 68.4. The molecule has 2 aliphatic carbocycles. The summed E-state index contributed by atoms with van der Waals surface area (Å²) in [6.45, 7) is 6.75. The highest BCUT2D eigenvalue weighted by atomic mass is 16.7. The molecule has 3 saturated heterocycles. The predicted molar refractivity (Wildman–Crippen MR) is 205 cm³/mol. The van der Waals surface area contributed by atoms with Gasteiger partial charge in [0.05, 0.1) is 59.4 Å². The minimum atomic E-state index is -1.98. The molecule has 2 aromatic rings. The van der Waals surface area contributed by atoms with Crippen LogP contribution in [0.5, 0.6) is 23.0 Å². The van der Waals surface area contributed by atoms with E-state index < -0.39 is 148 Å². The largest absolute Gasteiger partial charge is 0.507 e. The number of ether oxygens (including phenoxy) is 7. The van der Waals surface area contributed by atoms with Gasteiger partial charge in [-0.3, -0.25) is 19.2 Å². The zero-order chi connectivity index (χ0) is 43.7. The Labute approximate surface area is 345 Å². The maximum atomic E-state index is 14.0. The molecular weight excluding hydrogens is 790 g/mol. The number of aliphatic hydroxyl groups is 2. The van der Waals surface area contributed by atoms with Gasteiger partial charge in [-0.05, 0) is 53.4 Å². The van der Waals surface area contributed by atoms with Crippen molar-refractivity contribution in [1.29, 1.82) is 0 Å². The van der Waals surface area contributed by atoms with Gasteiger partial charge in [0.25, 0.3) is 0 Å². The lowest BCUT2D eigenvalue weighted by Crippen LogP contribution is -2.58. The summed E-state index contributed by atoms with van der Waals surface area (Å²) < 4.78 is 42.4. The van der Waals surface area contributed by atoms with Gasteiger partial charge in [0, 0.05) is 49.3 Å². The first kappa shape index (κ1) is 43.8. The highest BCUT2D eigenvalue weighted by molar-refractivity contribution is 6.32. The van der Waals surface area contributed by atoms with E-state index in [-0.39, 0.29) is 37.0 Å². The molecular formula is C42H53NO17. The van der Waals surface area contributed by atoms with Crippen LogP contribution in [0.4, 0.5) is 0 Å². The molecule has 0 bridgehead atoms. The maximum Gasteiger partial charge on any atom is 0.316 e. The molecule has 18 heteroatoms. The van der Waals surface area contributed by atoms with E-state index in [0.717, 1.165) is 19.2 Å². The third kappa shape index (κ3) is 7.45. The molecule has 0 radical (unpaired) electrons. The van der Waals surface area contributed by atoms with E-state index in [1.807, 2.05) is 19.0 Å². The van der Waals surface area contributed by atoms with Gasteiger partial charge in [0.15, 0.2) is 24.7 Å². The molecule has 2 aromatic carbocycles. The average Bonchev–Trinajstić information content (AvgIpc) is 3.19. The van der Waals surface area contributed by atoms with Crippen LogP contribution in [0.3, 0.4) is 0 Å². The fraction of sp³-hybridized carbons (Fsp3) is 0.619. The van der Waals surface area contributed by atoms with E-state index in [2.05, 4.69) is 0 Å². The van der Waals surface area contributed by atoms with Crippen LogP contribution in [-0.2, 0) is 42.7 Å². The Morgan fingerprint density at radius 2 is 1.35 bits per heavy atom. The average molecular weight is 844 g/mol. The van der Waals surface area contributed by atoms with Crippen LogP contribution in [0.25, 0.3) is 0 Å². The zero-order valence-corrected chi connectivity index (χ0v) is 34.4. The first-order valence-corrected chi connectivity index (χ1v) is 20.2. The predicted octanol–water partition coefficient (Wildman–Crippen LogP) is 2.57. The lowest BCUT2D eigenvalue weighted by Gasteiger charge is -2.48. The Hall–Kier alpha value is -4.24. The molecule has 3 heterocycles. The van der Waals surface area contributed by atoms with E-state index in [4.69, 9.17) is 33.2 Å². The van der Waals surface area contributed by atoms with Crippen molar-refractivity contribution in [3.05, 3.63) is 45.5 Å². The van der Waals surface area contributed by atoms with Crippen LogP contribution in [0, 0.1) is 0 Å². The number of aliphatic hydroxyl groups excluding tert-OH is 1. The number of fused-ring (bicyclic) bond motifs is 3. The Morgan fingerprint density at radius 3 is 1.88 bits per heavy atom. The lowest BCUT2D eigenvalue weighted by molar-refractivity contribution is -0.324. The molecule has 13 atom stereocenters. The summed E-state index contributed by atoms with van der Waals surface area (Å²) in [5.41, 5.74) is -5.27. The summed E-state index contributed by atoms with van der Waals surface area (Å²) in [5.74, 6) is -7.95. The second-order valence-electron chi connectivity index (χ2n) is 16.6. The second-order valence-corrected chi connectivity index (χ2v) is 16.6. The van der Waals surface area contributed by atoms with Crippen LogP contribution in [0.2, 0.25) is 0 Å². The molecule has 13 unspecified atom stereocenters.